The SMILES string of the molecule is Cc1ccsc1/C=C1\SC(c2ccccc2)=NC1=O. The van der Waals surface area contributed by atoms with E-state index in [1.165, 1.54) is 17.3 Å². The van der Waals surface area contributed by atoms with Gasteiger partial charge in [0.1, 0.15) is 5.04 Å². The molecule has 94 valence electrons. The van der Waals surface area contributed by atoms with Gasteiger partial charge in [-0.1, -0.05) is 42.1 Å². The Morgan fingerprint density at radius 2 is 1.95 bits per heavy atom. The van der Waals surface area contributed by atoms with Crippen LogP contribution < -0.4 is 0 Å². The summed E-state index contributed by atoms with van der Waals surface area (Å²) in [5.74, 6) is -0.142. The van der Waals surface area contributed by atoms with Gasteiger partial charge in [-0.15, -0.1) is 11.3 Å². The highest BCUT2D eigenvalue weighted by Crippen LogP contribution is 2.33. The molecule has 0 saturated carbocycles. The lowest BCUT2D eigenvalue weighted by molar-refractivity contribution is -0.113. The molecule has 0 radical (unpaired) electrons. The van der Waals surface area contributed by atoms with Gasteiger partial charge in [0.05, 0.1) is 4.91 Å². The summed E-state index contributed by atoms with van der Waals surface area (Å²) < 4.78 is 0. The minimum absolute atomic E-state index is 0.142. The van der Waals surface area contributed by atoms with Crippen LogP contribution in [0.5, 0.6) is 0 Å². The summed E-state index contributed by atoms with van der Waals surface area (Å²) in [6.45, 7) is 2.05. The smallest absolute Gasteiger partial charge is 0.266 e. The van der Waals surface area contributed by atoms with Gasteiger partial charge in [-0.25, -0.2) is 4.99 Å². The molecule has 0 bridgehead atoms. The van der Waals surface area contributed by atoms with Gasteiger partial charge in [0.2, 0.25) is 0 Å². The molecule has 1 aromatic carbocycles. The van der Waals surface area contributed by atoms with Crippen molar-refractivity contribution < 1.29 is 4.79 Å². The molecule has 1 amide bonds. The first-order valence-corrected chi connectivity index (χ1v) is 7.56. The minimum Gasteiger partial charge on any atom is -0.266 e. The maximum atomic E-state index is 11.9. The molecule has 3 rings (SSSR count). The monoisotopic (exact) mass is 285 g/mol. The Hall–Kier alpha value is -1.65. The van der Waals surface area contributed by atoms with Gasteiger partial charge in [-0.3, -0.25) is 4.79 Å². The fourth-order valence-corrected chi connectivity index (χ4v) is 3.60. The summed E-state index contributed by atoms with van der Waals surface area (Å²) in [4.78, 5) is 17.9. The fourth-order valence-electron chi connectivity index (χ4n) is 1.76. The van der Waals surface area contributed by atoms with Crippen LogP contribution in [-0.2, 0) is 4.79 Å². The van der Waals surface area contributed by atoms with Gasteiger partial charge in [0, 0.05) is 10.4 Å². The van der Waals surface area contributed by atoms with Crippen molar-refractivity contribution in [3.63, 3.8) is 0 Å². The van der Waals surface area contributed by atoms with Crippen molar-refractivity contribution in [2.75, 3.05) is 0 Å². The average molecular weight is 285 g/mol. The Kier molecular flexibility index (Phi) is 3.36. The van der Waals surface area contributed by atoms with E-state index in [-0.39, 0.29) is 5.91 Å². The number of carbonyl (C=O) groups excluding carboxylic acids is 1. The van der Waals surface area contributed by atoms with Crippen LogP contribution in [0.15, 0.2) is 51.7 Å². The van der Waals surface area contributed by atoms with Crippen molar-refractivity contribution in [3.05, 3.63) is 62.7 Å². The summed E-state index contributed by atoms with van der Waals surface area (Å²) in [7, 11) is 0. The number of amides is 1. The molecule has 19 heavy (non-hydrogen) atoms. The van der Waals surface area contributed by atoms with Gasteiger partial charge in [0.15, 0.2) is 0 Å². The van der Waals surface area contributed by atoms with E-state index >= 15 is 0 Å². The zero-order chi connectivity index (χ0) is 13.2. The van der Waals surface area contributed by atoms with Crippen LogP contribution in [0.2, 0.25) is 0 Å². The summed E-state index contributed by atoms with van der Waals surface area (Å²) in [6.07, 6.45) is 1.94. The van der Waals surface area contributed by atoms with Crippen molar-refractivity contribution in [1.29, 1.82) is 0 Å². The number of rotatable bonds is 2. The lowest BCUT2D eigenvalue weighted by Gasteiger charge is -1.98. The van der Waals surface area contributed by atoms with Crippen LogP contribution >= 0.6 is 23.1 Å². The van der Waals surface area contributed by atoms with Gasteiger partial charge in [-0.05, 0) is 30.0 Å². The third kappa shape index (κ3) is 2.55. The van der Waals surface area contributed by atoms with E-state index in [1.54, 1.807) is 11.3 Å². The van der Waals surface area contributed by atoms with E-state index in [2.05, 4.69) is 11.1 Å². The minimum atomic E-state index is -0.142. The zero-order valence-corrected chi connectivity index (χ0v) is 11.9. The van der Waals surface area contributed by atoms with Crippen molar-refractivity contribution >= 4 is 40.1 Å². The van der Waals surface area contributed by atoms with Crippen LogP contribution in [0.3, 0.4) is 0 Å². The molecular formula is C15H11NOS2. The van der Waals surface area contributed by atoms with Crippen molar-refractivity contribution in [3.8, 4) is 0 Å². The van der Waals surface area contributed by atoms with Crippen LogP contribution in [0.1, 0.15) is 16.0 Å². The Bertz CT molecular complexity index is 683. The van der Waals surface area contributed by atoms with Gasteiger partial charge < -0.3 is 0 Å². The second kappa shape index (κ2) is 5.15. The van der Waals surface area contributed by atoms with E-state index in [0.717, 1.165) is 15.5 Å². The van der Waals surface area contributed by atoms with Crippen molar-refractivity contribution in [2.45, 2.75) is 6.92 Å². The highest BCUT2D eigenvalue weighted by Gasteiger charge is 2.22. The third-order valence-electron chi connectivity index (χ3n) is 2.81. The first-order chi connectivity index (χ1) is 9.24. The van der Waals surface area contributed by atoms with E-state index in [9.17, 15) is 4.79 Å². The Morgan fingerprint density at radius 1 is 1.16 bits per heavy atom. The first kappa shape index (κ1) is 12.4. The van der Waals surface area contributed by atoms with Crippen LogP contribution in [0.25, 0.3) is 6.08 Å². The van der Waals surface area contributed by atoms with Crippen LogP contribution in [0, 0.1) is 6.92 Å². The lowest BCUT2D eigenvalue weighted by Crippen LogP contribution is -1.89. The number of hydrogen-bond donors (Lipinski definition) is 0. The highest BCUT2D eigenvalue weighted by atomic mass is 32.2. The fraction of sp³-hybridized carbons (Fsp3) is 0.0667. The molecule has 0 saturated heterocycles. The molecule has 0 aliphatic carbocycles. The Labute approximate surface area is 119 Å². The summed E-state index contributed by atoms with van der Waals surface area (Å²) in [6, 6.07) is 11.9. The molecule has 2 heterocycles. The lowest BCUT2D eigenvalue weighted by atomic mass is 10.2. The number of benzene rings is 1. The molecule has 0 N–H and O–H groups in total. The zero-order valence-electron chi connectivity index (χ0n) is 10.3. The molecule has 2 nitrogen and oxygen atoms in total. The standard InChI is InChI=1S/C15H11NOS2/c1-10-7-8-18-12(10)9-13-14(17)16-15(19-13)11-5-3-2-4-6-11/h2-9H,1H3/b13-9-. The molecule has 1 aromatic heterocycles. The number of aliphatic imine (C=N–C) groups is 1. The average Bonchev–Trinajstić information content (AvgIpc) is 2.99. The number of aryl methyl sites for hydroxylation is 1. The molecule has 0 spiro atoms. The molecule has 1 aliphatic heterocycles. The molecule has 0 fully saturated rings. The highest BCUT2D eigenvalue weighted by molar-refractivity contribution is 8.19. The molecule has 4 heteroatoms. The topological polar surface area (TPSA) is 29.4 Å². The maximum Gasteiger partial charge on any atom is 0.284 e. The number of hydrogen-bond acceptors (Lipinski definition) is 3. The second-order valence-electron chi connectivity index (χ2n) is 4.17. The largest absolute Gasteiger partial charge is 0.284 e. The predicted molar refractivity (Wildman–Crippen MR) is 82.6 cm³/mol. The molecule has 2 aromatic rings. The van der Waals surface area contributed by atoms with E-state index in [4.69, 9.17) is 0 Å². The Balaban J connectivity index is 1.89. The molecular weight excluding hydrogens is 274 g/mol. The normalized spacial score (nSPS) is 17.0. The summed E-state index contributed by atoms with van der Waals surface area (Å²) in [5, 5.41) is 2.82. The molecule has 0 atom stereocenters. The summed E-state index contributed by atoms with van der Waals surface area (Å²) in [5.41, 5.74) is 2.19. The predicted octanol–water partition coefficient (Wildman–Crippen LogP) is 4.12. The quantitative estimate of drug-likeness (QED) is 0.777. The van der Waals surface area contributed by atoms with Crippen molar-refractivity contribution in [2.24, 2.45) is 4.99 Å². The van der Waals surface area contributed by atoms with Crippen LogP contribution in [-0.4, -0.2) is 11.0 Å². The second-order valence-corrected chi connectivity index (χ2v) is 6.14. The molecule has 1 aliphatic rings. The Morgan fingerprint density at radius 3 is 2.63 bits per heavy atom. The molecule has 0 unspecified atom stereocenters. The van der Waals surface area contributed by atoms with E-state index in [1.807, 2.05) is 48.7 Å². The summed E-state index contributed by atoms with van der Waals surface area (Å²) >= 11 is 3.09. The van der Waals surface area contributed by atoms with E-state index < -0.39 is 0 Å². The van der Waals surface area contributed by atoms with Gasteiger partial charge in [-0.2, -0.15) is 0 Å². The van der Waals surface area contributed by atoms with Crippen molar-refractivity contribution in [1.82, 2.24) is 0 Å². The van der Waals surface area contributed by atoms with E-state index in [0.29, 0.717) is 4.91 Å². The number of carbonyl (C=O) groups is 1. The van der Waals surface area contributed by atoms with Crippen LogP contribution in [0.4, 0.5) is 0 Å². The van der Waals surface area contributed by atoms with Gasteiger partial charge >= 0.3 is 0 Å². The third-order valence-corrected chi connectivity index (χ3v) is 4.80. The number of nitrogens with zero attached hydrogens (tertiary/aromatic N) is 1. The maximum absolute atomic E-state index is 11.9. The number of thiophene rings is 1. The van der Waals surface area contributed by atoms with Gasteiger partial charge in [0.25, 0.3) is 5.91 Å². The number of thioether (sulfide) groups is 1. The first-order valence-electron chi connectivity index (χ1n) is 5.86.